The van der Waals surface area contributed by atoms with Crippen LogP contribution in [0.2, 0.25) is 0 Å². The van der Waals surface area contributed by atoms with Gasteiger partial charge in [-0.1, -0.05) is 41.0 Å². The molecule has 2 rings (SSSR count). The van der Waals surface area contributed by atoms with Gasteiger partial charge in [0.2, 0.25) is 5.91 Å². The van der Waals surface area contributed by atoms with Crippen molar-refractivity contribution >= 4 is 17.8 Å². The number of amides is 4. The van der Waals surface area contributed by atoms with E-state index in [0.717, 1.165) is 30.7 Å². The minimum atomic E-state index is -0.818. The second-order valence-electron chi connectivity index (χ2n) is 10.7. The third-order valence-corrected chi connectivity index (χ3v) is 6.91. The average Bonchev–Trinajstić information content (AvgIpc) is 2.83. The molecular weight excluding hydrogens is 368 g/mol. The molecule has 0 aromatic rings. The zero-order chi connectivity index (χ0) is 22.0. The van der Waals surface area contributed by atoms with Gasteiger partial charge in [-0.3, -0.25) is 14.5 Å². The highest BCUT2D eigenvalue weighted by molar-refractivity contribution is 6.09. The summed E-state index contributed by atoms with van der Waals surface area (Å²) in [6.45, 7) is 12.0. The summed E-state index contributed by atoms with van der Waals surface area (Å²) in [6, 6.07) is -0.439. The first-order chi connectivity index (χ1) is 13.3. The molecular formula is C22H40N4O3. The first-order valence-electron chi connectivity index (χ1n) is 10.9. The Morgan fingerprint density at radius 2 is 1.79 bits per heavy atom. The van der Waals surface area contributed by atoms with E-state index >= 15 is 0 Å². The maximum Gasteiger partial charge on any atom is 0.325 e. The Labute approximate surface area is 175 Å². The first-order valence-corrected chi connectivity index (χ1v) is 10.9. The van der Waals surface area contributed by atoms with Crippen molar-refractivity contribution in [2.45, 2.75) is 72.3 Å². The van der Waals surface area contributed by atoms with Crippen LogP contribution in [-0.2, 0) is 9.59 Å². The van der Waals surface area contributed by atoms with Crippen molar-refractivity contribution in [2.24, 2.45) is 16.7 Å². The summed E-state index contributed by atoms with van der Waals surface area (Å²) >= 11 is 0. The van der Waals surface area contributed by atoms with Gasteiger partial charge in [0.05, 0.1) is 0 Å². The van der Waals surface area contributed by atoms with Crippen LogP contribution in [0.15, 0.2) is 0 Å². The van der Waals surface area contributed by atoms with E-state index in [1.54, 1.807) is 0 Å². The summed E-state index contributed by atoms with van der Waals surface area (Å²) in [7, 11) is 3.99. The van der Waals surface area contributed by atoms with E-state index in [4.69, 9.17) is 0 Å². The Bertz CT molecular complexity index is 634. The second-order valence-corrected chi connectivity index (χ2v) is 10.7. The zero-order valence-electron chi connectivity index (χ0n) is 19.4. The predicted molar refractivity (Wildman–Crippen MR) is 114 cm³/mol. The molecule has 29 heavy (non-hydrogen) atoms. The number of carbonyl (C=O) groups is 3. The number of nitrogens with one attached hydrogen (secondary N) is 2. The fourth-order valence-electron chi connectivity index (χ4n) is 4.79. The number of imide groups is 1. The maximum absolute atomic E-state index is 13.1. The van der Waals surface area contributed by atoms with Gasteiger partial charge in [0.15, 0.2) is 0 Å². The summed E-state index contributed by atoms with van der Waals surface area (Å²) < 4.78 is 0. The topological polar surface area (TPSA) is 81.8 Å². The Morgan fingerprint density at radius 1 is 1.21 bits per heavy atom. The van der Waals surface area contributed by atoms with Gasteiger partial charge < -0.3 is 15.5 Å². The normalized spacial score (nSPS) is 25.7. The standard InChI is InChI=1S/C22H40N4O3/c1-8-21(4,5)16-9-11-22(12-10-16)18(28)26(19(29)24-22)13-17(27)23-14-20(2,3)15-25(6)7/h16H,8-15H2,1-7H3,(H,23,27)(H,24,29). The molecule has 0 aromatic carbocycles. The fraction of sp³-hybridized carbons (Fsp3) is 0.864. The SMILES string of the molecule is CCC(C)(C)C1CCC2(CC1)NC(=O)N(CC(=O)NCC(C)(C)CN(C)C)C2=O. The van der Waals surface area contributed by atoms with Crippen molar-refractivity contribution in [3.05, 3.63) is 0 Å². The van der Waals surface area contributed by atoms with Crippen molar-refractivity contribution in [1.82, 2.24) is 20.4 Å². The second kappa shape index (κ2) is 8.62. The molecule has 0 radical (unpaired) electrons. The molecule has 1 saturated carbocycles. The van der Waals surface area contributed by atoms with Crippen LogP contribution in [-0.4, -0.2) is 66.9 Å². The lowest BCUT2D eigenvalue weighted by molar-refractivity contribution is -0.136. The molecule has 0 aromatic heterocycles. The van der Waals surface area contributed by atoms with Crippen molar-refractivity contribution in [3.63, 3.8) is 0 Å². The lowest BCUT2D eigenvalue weighted by Crippen LogP contribution is -2.51. The largest absolute Gasteiger partial charge is 0.354 e. The molecule has 1 aliphatic heterocycles. The van der Waals surface area contributed by atoms with Gasteiger partial charge in [0, 0.05) is 13.1 Å². The predicted octanol–water partition coefficient (Wildman–Crippen LogP) is 2.61. The first kappa shape index (κ1) is 23.6. The van der Waals surface area contributed by atoms with Gasteiger partial charge >= 0.3 is 6.03 Å². The quantitative estimate of drug-likeness (QED) is 0.605. The molecule has 0 atom stereocenters. The van der Waals surface area contributed by atoms with E-state index < -0.39 is 11.6 Å². The number of nitrogens with zero attached hydrogens (tertiary/aromatic N) is 2. The smallest absolute Gasteiger partial charge is 0.325 e. The highest BCUT2D eigenvalue weighted by Crippen LogP contribution is 2.45. The van der Waals surface area contributed by atoms with Gasteiger partial charge in [-0.25, -0.2) is 4.79 Å². The van der Waals surface area contributed by atoms with E-state index in [-0.39, 0.29) is 29.2 Å². The van der Waals surface area contributed by atoms with Crippen LogP contribution in [0.5, 0.6) is 0 Å². The van der Waals surface area contributed by atoms with Crippen molar-refractivity contribution in [2.75, 3.05) is 33.7 Å². The molecule has 2 N–H and O–H groups in total. The minimum absolute atomic E-state index is 0.0951. The van der Waals surface area contributed by atoms with E-state index in [1.165, 1.54) is 0 Å². The summed E-state index contributed by atoms with van der Waals surface area (Å²) in [5, 5.41) is 5.80. The lowest BCUT2D eigenvalue weighted by atomic mass is 9.65. The number of carbonyl (C=O) groups excluding carboxylic acids is 3. The van der Waals surface area contributed by atoms with Crippen LogP contribution < -0.4 is 10.6 Å². The third-order valence-electron chi connectivity index (χ3n) is 6.91. The number of rotatable bonds is 8. The summed E-state index contributed by atoms with van der Waals surface area (Å²) in [5.41, 5.74) is -0.670. The fourth-order valence-corrected chi connectivity index (χ4v) is 4.79. The zero-order valence-corrected chi connectivity index (χ0v) is 19.4. The van der Waals surface area contributed by atoms with Crippen LogP contribution in [0.1, 0.15) is 66.7 Å². The van der Waals surface area contributed by atoms with E-state index in [0.29, 0.717) is 25.3 Å². The molecule has 4 amide bonds. The van der Waals surface area contributed by atoms with Crippen molar-refractivity contribution in [3.8, 4) is 0 Å². The number of hydrogen-bond acceptors (Lipinski definition) is 4. The molecule has 2 aliphatic rings. The molecule has 7 nitrogen and oxygen atoms in total. The summed E-state index contributed by atoms with van der Waals surface area (Å²) in [5.74, 6) is 0.0234. The molecule has 1 heterocycles. The highest BCUT2D eigenvalue weighted by Gasteiger charge is 2.53. The Morgan fingerprint density at radius 3 is 2.31 bits per heavy atom. The van der Waals surface area contributed by atoms with Gasteiger partial charge in [-0.05, 0) is 56.5 Å². The molecule has 1 spiro atoms. The van der Waals surface area contributed by atoms with E-state index in [2.05, 4.69) is 50.2 Å². The van der Waals surface area contributed by atoms with E-state index in [1.807, 2.05) is 14.1 Å². The molecule has 1 aliphatic carbocycles. The molecule has 2 fully saturated rings. The Balaban J connectivity index is 1.93. The van der Waals surface area contributed by atoms with Gasteiger partial charge in [-0.15, -0.1) is 0 Å². The number of urea groups is 1. The molecule has 0 unspecified atom stereocenters. The third kappa shape index (κ3) is 5.50. The van der Waals surface area contributed by atoms with Crippen molar-refractivity contribution in [1.29, 1.82) is 0 Å². The maximum atomic E-state index is 13.1. The van der Waals surface area contributed by atoms with Crippen LogP contribution >= 0.6 is 0 Å². The van der Waals surface area contributed by atoms with Crippen molar-refractivity contribution < 1.29 is 14.4 Å². The average molecular weight is 409 g/mol. The molecule has 7 heteroatoms. The monoisotopic (exact) mass is 408 g/mol. The minimum Gasteiger partial charge on any atom is -0.354 e. The van der Waals surface area contributed by atoms with Gasteiger partial charge in [-0.2, -0.15) is 0 Å². The van der Waals surface area contributed by atoms with Crippen LogP contribution in [0.4, 0.5) is 4.79 Å². The Kier molecular flexibility index (Phi) is 7.03. The van der Waals surface area contributed by atoms with Gasteiger partial charge in [0.1, 0.15) is 12.1 Å². The van der Waals surface area contributed by atoms with Crippen LogP contribution in [0.3, 0.4) is 0 Å². The number of hydrogen-bond donors (Lipinski definition) is 2. The van der Waals surface area contributed by atoms with Crippen LogP contribution in [0.25, 0.3) is 0 Å². The lowest BCUT2D eigenvalue weighted by Gasteiger charge is -2.42. The van der Waals surface area contributed by atoms with E-state index in [9.17, 15) is 14.4 Å². The summed E-state index contributed by atoms with van der Waals surface area (Å²) in [6.07, 6.45) is 4.25. The van der Waals surface area contributed by atoms with Crippen LogP contribution in [0, 0.1) is 16.7 Å². The molecule has 166 valence electrons. The highest BCUT2D eigenvalue weighted by atomic mass is 16.2. The summed E-state index contributed by atoms with van der Waals surface area (Å²) in [4.78, 5) is 41.1. The molecule has 1 saturated heterocycles. The molecule has 0 bridgehead atoms. The van der Waals surface area contributed by atoms with Gasteiger partial charge in [0.25, 0.3) is 5.91 Å². The Hall–Kier alpha value is -1.63.